The monoisotopic (exact) mass is 288 g/mol. The van der Waals surface area contributed by atoms with Crippen molar-refractivity contribution in [3.05, 3.63) is 59.7 Å². The van der Waals surface area contributed by atoms with Crippen LogP contribution in [-0.2, 0) is 13.2 Å². The Morgan fingerprint density at radius 3 is 2.62 bits per heavy atom. The lowest BCUT2D eigenvalue weighted by Crippen LogP contribution is -2.35. The second-order valence-corrected chi connectivity index (χ2v) is 5.94. The Hall–Kier alpha value is -1.94. The van der Waals surface area contributed by atoms with Crippen LogP contribution in [0.1, 0.15) is 32.0 Å². The molecule has 0 spiro atoms. The molecule has 0 aliphatic carbocycles. The Bertz CT molecular complexity index is 579. The van der Waals surface area contributed by atoms with Gasteiger partial charge in [0.1, 0.15) is 6.61 Å². The lowest BCUT2D eigenvalue weighted by atomic mass is 10.1. The predicted octanol–water partition coefficient (Wildman–Crippen LogP) is 3.69. The molecule has 1 heterocycles. The predicted molar refractivity (Wildman–Crippen MR) is 81.6 cm³/mol. The average Bonchev–Trinajstić information content (AvgIpc) is 2.44. The molecule has 0 bridgehead atoms. The molecule has 3 nitrogen and oxygen atoms in total. The molecular weight excluding hydrogens is 267 g/mol. The first-order valence-electron chi connectivity index (χ1n) is 7.01. The number of hydrogen-bond donors (Lipinski definition) is 1. The molecule has 2 rings (SSSR count). The Balaban J connectivity index is 2.10. The number of pyridine rings is 1. The first kappa shape index (κ1) is 15.4. The first-order chi connectivity index (χ1) is 9.96. The van der Waals surface area contributed by atoms with Crippen molar-refractivity contribution < 1.29 is 9.13 Å². The van der Waals surface area contributed by atoms with Crippen molar-refractivity contribution in [2.24, 2.45) is 0 Å². The Labute approximate surface area is 125 Å². The highest BCUT2D eigenvalue weighted by Crippen LogP contribution is 2.24. The highest BCUT2D eigenvalue weighted by Gasteiger charge is 2.14. The van der Waals surface area contributed by atoms with Gasteiger partial charge in [-0.05, 0) is 39.0 Å². The average molecular weight is 288 g/mol. The summed E-state index contributed by atoms with van der Waals surface area (Å²) in [6.45, 7) is 7.02. The van der Waals surface area contributed by atoms with Gasteiger partial charge in [-0.3, -0.25) is 4.98 Å². The summed E-state index contributed by atoms with van der Waals surface area (Å²) < 4.78 is 19.6. The van der Waals surface area contributed by atoms with E-state index in [1.807, 2.05) is 24.3 Å². The van der Waals surface area contributed by atoms with E-state index in [-0.39, 0.29) is 18.0 Å². The van der Waals surface area contributed by atoms with Crippen LogP contribution in [0.5, 0.6) is 5.75 Å². The highest BCUT2D eigenvalue weighted by molar-refractivity contribution is 5.35. The van der Waals surface area contributed by atoms with Crippen molar-refractivity contribution in [1.82, 2.24) is 10.3 Å². The number of aromatic nitrogens is 1. The number of para-hydroxylation sites is 1. The molecule has 0 unspecified atom stereocenters. The van der Waals surface area contributed by atoms with Crippen LogP contribution < -0.4 is 10.1 Å². The number of halogens is 1. The number of ether oxygens (including phenoxy) is 1. The van der Waals surface area contributed by atoms with E-state index in [9.17, 15) is 4.39 Å². The third kappa shape index (κ3) is 4.83. The minimum absolute atomic E-state index is 0.0371. The summed E-state index contributed by atoms with van der Waals surface area (Å²) in [6.07, 6.45) is 1.70. The van der Waals surface area contributed by atoms with Crippen LogP contribution in [0.25, 0.3) is 0 Å². The smallest absolute Gasteiger partial charge is 0.165 e. The summed E-state index contributed by atoms with van der Waals surface area (Å²) >= 11 is 0. The van der Waals surface area contributed by atoms with Crippen LogP contribution in [-0.4, -0.2) is 10.5 Å². The zero-order chi connectivity index (χ0) is 15.3. The molecule has 4 heteroatoms. The molecule has 1 aromatic carbocycles. The largest absolute Gasteiger partial charge is 0.484 e. The van der Waals surface area contributed by atoms with Crippen LogP contribution >= 0.6 is 0 Å². The fourth-order valence-corrected chi connectivity index (χ4v) is 1.84. The van der Waals surface area contributed by atoms with E-state index in [2.05, 4.69) is 31.1 Å². The maximum Gasteiger partial charge on any atom is 0.165 e. The highest BCUT2D eigenvalue weighted by atomic mass is 19.1. The van der Waals surface area contributed by atoms with E-state index in [0.29, 0.717) is 12.3 Å². The van der Waals surface area contributed by atoms with E-state index >= 15 is 0 Å². The van der Waals surface area contributed by atoms with E-state index in [4.69, 9.17) is 4.74 Å². The summed E-state index contributed by atoms with van der Waals surface area (Å²) in [5.74, 6) is -0.0564. The van der Waals surface area contributed by atoms with Crippen LogP contribution in [0.2, 0.25) is 0 Å². The molecule has 0 radical (unpaired) electrons. The lowest BCUT2D eigenvalue weighted by molar-refractivity contribution is 0.280. The molecule has 1 N–H and O–H groups in total. The van der Waals surface area contributed by atoms with Gasteiger partial charge in [0.05, 0.1) is 5.69 Å². The molecular formula is C17H21FN2O. The number of benzene rings is 1. The summed E-state index contributed by atoms with van der Waals surface area (Å²) in [7, 11) is 0. The second-order valence-electron chi connectivity index (χ2n) is 5.94. The third-order valence-corrected chi connectivity index (χ3v) is 2.95. The maximum absolute atomic E-state index is 14.0. The van der Waals surface area contributed by atoms with Crippen molar-refractivity contribution in [3.8, 4) is 5.75 Å². The van der Waals surface area contributed by atoms with Gasteiger partial charge in [-0.1, -0.05) is 18.2 Å². The van der Waals surface area contributed by atoms with Gasteiger partial charge < -0.3 is 10.1 Å². The van der Waals surface area contributed by atoms with Gasteiger partial charge in [0, 0.05) is 23.8 Å². The molecule has 112 valence electrons. The van der Waals surface area contributed by atoms with Gasteiger partial charge in [0.2, 0.25) is 0 Å². The van der Waals surface area contributed by atoms with Crippen molar-refractivity contribution in [3.63, 3.8) is 0 Å². The van der Waals surface area contributed by atoms with Gasteiger partial charge in [-0.25, -0.2) is 4.39 Å². The van der Waals surface area contributed by atoms with E-state index in [1.54, 1.807) is 12.3 Å². The van der Waals surface area contributed by atoms with Crippen molar-refractivity contribution in [1.29, 1.82) is 0 Å². The minimum atomic E-state index is -0.348. The van der Waals surface area contributed by atoms with Crippen LogP contribution in [0, 0.1) is 5.82 Å². The third-order valence-electron chi connectivity index (χ3n) is 2.95. The minimum Gasteiger partial charge on any atom is -0.484 e. The molecule has 1 aromatic heterocycles. The van der Waals surface area contributed by atoms with Gasteiger partial charge in [0.25, 0.3) is 0 Å². The molecule has 0 aliphatic rings. The quantitative estimate of drug-likeness (QED) is 0.911. The molecule has 21 heavy (non-hydrogen) atoms. The maximum atomic E-state index is 14.0. The van der Waals surface area contributed by atoms with Crippen LogP contribution in [0.3, 0.4) is 0 Å². The molecule has 0 atom stereocenters. The molecule has 0 aliphatic heterocycles. The zero-order valence-corrected chi connectivity index (χ0v) is 12.7. The number of nitrogens with zero attached hydrogens (tertiary/aromatic N) is 1. The Morgan fingerprint density at radius 1 is 1.14 bits per heavy atom. The fourth-order valence-electron chi connectivity index (χ4n) is 1.84. The SMILES string of the molecule is CC(C)(C)NCc1cccc(F)c1OCc1ccccn1. The van der Waals surface area contributed by atoms with Gasteiger partial charge in [-0.2, -0.15) is 0 Å². The number of hydrogen-bond acceptors (Lipinski definition) is 3. The zero-order valence-electron chi connectivity index (χ0n) is 12.7. The van der Waals surface area contributed by atoms with Crippen molar-refractivity contribution >= 4 is 0 Å². The fraction of sp³-hybridized carbons (Fsp3) is 0.353. The van der Waals surface area contributed by atoms with Crippen LogP contribution in [0.4, 0.5) is 4.39 Å². The van der Waals surface area contributed by atoms with E-state index < -0.39 is 0 Å². The number of rotatable bonds is 5. The van der Waals surface area contributed by atoms with Crippen molar-refractivity contribution in [2.75, 3.05) is 0 Å². The molecule has 0 saturated heterocycles. The van der Waals surface area contributed by atoms with Crippen LogP contribution in [0.15, 0.2) is 42.6 Å². The van der Waals surface area contributed by atoms with Gasteiger partial charge in [0.15, 0.2) is 11.6 Å². The van der Waals surface area contributed by atoms with Gasteiger partial charge in [-0.15, -0.1) is 0 Å². The Morgan fingerprint density at radius 2 is 1.95 bits per heavy atom. The van der Waals surface area contributed by atoms with E-state index in [0.717, 1.165) is 11.3 Å². The number of nitrogens with one attached hydrogen (secondary N) is 1. The Kier molecular flexibility index (Phi) is 4.91. The standard InChI is InChI=1S/C17H21FN2O/c1-17(2,3)20-11-13-7-6-9-15(18)16(13)21-12-14-8-4-5-10-19-14/h4-10,20H,11-12H2,1-3H3. The summed E-state index contributed by atoms with van der Waals surface area (Å²) in [5.41, 5.74) is 1.54. The topological polar surface area (TPSA) is 34.1 Å². The molecule has 0 amide bonds. The summed E-state index contributed by atoms with van der Waals surface area (Å²) in [5, 5.41) is 3.34. The summed E-state index contributed by atoms with van der Waals surface area (Å²) in [4.78, 5) is 4.18. The lowest BCUT2D eigenvalue weighted by Gasteiger charge is -2.21. The normalized spacial score (nSPS) is 11.4. The van der Waals surface area contributed by atoms with E-state index in [1.165, 1.54) is 6.07 Å². The first-order valence-corrected chi connectivity index (χ1v) is 7.01. The molecule has 2 aromatic rings. The molecule has 0 saturated carbocycles. The van der Waals surface area contributed by atoms with Crippen molar-refractivity contribution in [2.45, 2.75) is 39.5 Å². The second kappa shape index (κ2) is 6.68. The summed E-state index contributed by atoms with van der Waals surface area (Å²) in [6, 6.07) is 10.6. The molecule has 0 fully saturated rings. The van der Waals surface area contributed by atoms with Gasteiger partial charge >= 0.3 is 0 Å².